The maximum absolute atomic E-state index is 6.80. The summed E-state index contributed by atoms with van der Waals surface area (Å²) in [4.78, 5) is 0. The maximum Gasteiger partial charge on any atom is 0.132 e. The highest BCUT2D eigenvalue weighted by atomic mass is 16.5. The van der Waals surface area contributed by atoms with Gasteiger partial charge in [0.15, 0.2) is 0 Å². The number of ether oxygens (including phenoxy) is 1. The van der Waals surface area contributed by atoms with Crippen molar-refractivity contribution in [2.45, 2.75) is 5.41 Å². The molecule has 0 fully saturated rings. The number of hydrogen-bond acceptors (Lipinski definition) is 1. The molecular formula is C55H35NO. The number of hydrogen-bond donors (Lipinski definition) is 0. The molecule has 1 unspecified atom stereocenters. The summed E-state index contributed by atoms with van der Waals surface area (Å²) < 4.78 is 9.28. The molecule has 1 aliphatic carbocycles. The molecule has 2 aliphatic rings. The van der Waals surface area contributed by atoms with Crippen molar-refractivity contribution in [3.8, 4) is 61.7 Å². The predicted molar refractivity (Wildman–Crippen MR) is 234 cm³/mol. The molecular weight excluding hydrogens is 691 g/mol. The van der Waals surface area contributed by atoms with Gasteiger partial charge in [0, 0.05) is 27.6 Å². The summed E-state index contributed by atoms with van der Waals surface area (Å²) in [6.07, 6.45) is 0. The van der Waals surface area contributed by atoms with Gasteiger partial charge in [-0.25, -0.2) is 0 Å². The molecule has 12 rings (SSSR count). The normalized spacial score (nSPS) is 14.9. The standard InChI is InChI=1S/C55H35NO/c1-4-16-36(17-5-1)39-28-29-54-50(33-39)55(48-25-13-15-27-53(48)57-54)47-24-12-10-22-43(47)45-35-52-46(34-49(45)55)44-23-11-14-26-51(44)56(52)42-31-40(37-18-6-2-7-19-37)30-41(32-42)38-20-8-3-9-21-38/h1-35H. The lowest BCUT2D eigenvalue weighted by atomic mass is 9.65. The van der Waals surface area contributed by atoms with Crippen LogP contribution in [0.25, 0.3) is 72.0 Å². The highest BCUT2D eigenvalue weighted by Crippen LogP contribution is 2.63. The highest BCUT2D eigenvalue weighted by Gasteiger charge is 2.51. The van der Waals surface area contributed by atoms with Gasteiger partial charge in [-0.15, -0.1) is 0 Å². The molecule has 0 saturated carbocycles. The summed E-state index contributed by atoms with van der Waals surface area (Å²) in [6, 6.07) is 77.5. The Bertz CT molecular complexity index is 3140. The Balaban J connectivity index is 1.18. The summed E-state index contributed by atoms with van der Waals surface area (Å²) in [5.41, 5.74) is 17.4. The molecule has 1 aliphatic heterocycles. The molecule has 2 heterocycles. The van der Waals surface area contributed by atoms with E-state index in [1.54, 1.807) is 0 Å². The van der Waals surface area contributed by atoms with E-state index in [-0.39, 0.29) is 0 Å². The fraction of sp³-hybridized carbons (Fsp3) is 0.0182. The Morgan fingerprint density at radius 3 is 1.61 bits per heavy atom. The second-order valence-electron chi connectivity index (χ2n) is 15.2. The third-order valence-corrected chi connectivity index (χ3v) is 12.2. The van der Waals surface area contributed by atoms with Crippen LogP contribution in [0.2, 0.25) is 0 Å². The lowest BCUT2D eigenvalue weighted by molar-refractivity contribution is 0.436. The molecule has 57 heavy (non-hydrogen) atoms. The fourth-order valence-corrected chi connectivity index (χ4v) is 9.78. The molecule has 9 aromatic carbocycles. The van der Waals surface area contributed by atoms with E-state index in [1.165, 1.54) is 88.6 Å². The van der Waals surface area contributed by atoms with Gasteiger partial charge in [0.1, 0.15) is 11.5 Å². The molecule has 1 spiro atoms. The first-order chi connectivity index (χ1) is 28.3. The Labute approximate surface area is 331 Å². The maximum atomic E-state index is 6.80. The van der Waals surface area contributed by atoms with E-state index in [9.17, 15) is 0 Å². The second kappa shape index (κ2) is 12.3. The smallest absolute Gasteiger partial charge is 0.132 e. The van der Waals surface area contributed by atoms with E-state index in [0.29, 0.717) is 0 Å². The molecule has 0 amide bonds. The fourth-order valence-electron chi connectivity index (χ4n) is 9.78. The Kier molecular flexibility index (Phi) is 6.88. The Morgan fingerprint density at radius 1 is 0.316 bits per heavy atom. The summed E-state index contributed by atoms with van der Waals surface area (Å²) >= 11 is 0. The number of aromatic nitrogens is 1. The van der Waals surface area contributed by atoms with Gasteiger partial charge in [0.05, 0.1) is 16.4 Å². The lowest BCUT2D eigenvalue weighted by Gasteiger charge is -2.39. The van der Waals surface area contributed by atoms with Gasteiger partial charge in [-0.05, 0) is 110 Å². The van der Waals surface area contributed by atoms with Crippen molar-refractivity contribution in [1.29, 1.82) is 0 Å². The highest BCUT2D eigenvalue weighted by molar-refractivity contribution is 6.12. The number of rotatable bonds is 4. The zero-order valence-corrected chi connectivity index (χ0v) is 31.1. The van der Waals surface area contributed by atoms with E-state index in [4.69, 9.17) is 4.74 Å². The quantitative estimate of drug-likeness (QED) is 0.176. The summed E-state index contributed by atoms with van der Waals surface area (Å²) in [6.45, 7) is 0. The van der Waals surface area contributed by atoms with Crippen LogP contribution in [0.4, 0.5) is 0 Å². The van der Waals surface area contributed by atoms with Crippen LogP contribution in [0.3, 0.4) is 0 Å². The largest absolute Gasteiger partial charge is 0.457 e. The minimum absolute atomic E-state index is 0.591. The minimum Gasteiger partial charge on any atom is -0.457 e. The molecule has 1 aromatic heterocycles. The number of nitrogens with zero attached hydrogens (tertiary/aromatic N) is 1. The molecule has 0 radical (unpaired) electrons. The van der Waals surface area contributed by atoms with Gasteiger partial charge in [-0.1, -0.05) is 158 Å². The second-order valence-corrected chi connectivity index (χ2v) is 15.2. The van der Waals surface area contributed by atoms with Crippen molar-refractivity contribution in [2.24, 2.45) is 0 Å². The molecule has 1 atom stereocenters. The predicted octanol–water partition coefficient (Wildman–Crippen LogP) is 14.3. The van der Waals surface area contributed by atoms with Crippen molar-refractivity contribution in [3.63, 3.8) is 0 Å². The summed E-state index contributed by atoms with van der Waals surface area (Å²) in [5, 5.41) is 2.46. The van der Waals surface area contributed by atoms with Crippen LogP contribution < -0.4 is 4.74 Å². The molecule has 0 bridgehead atoms. The number of para-hydroxylation sites is 2. The Hall–Kier alpha value is -7.42. The van der Waals surface area contributed by atoms with Gasteiger partial charge >= 0.3 is 0 Å². The van der Waals surface area contributed by atoms with E-state index in [0.717, 1.165) is 17.2 Å². The molecule has 2 heteroatoms. The average molecular weight is 726 g/mol. The van der Waals surface area contributed by atoms with Crippen LogP contribution in [0, 0.1) is 0 Å². The van der Waals surface area contributed by atoms with E-state index in [1.807, 2.05) is 0 Å². The number of benzene rings is 9. The topological polar surface area (TPSA) is 14.2 Å². The SMILES string of the molecule is c1ccc(-c2cc(-c3ccccc3)cc(-n3c4ccccc4c4cc5c(cc43)-c3ccccc3C53c4ccccc4Oc4ccc(-c5ccccc5)cc43)c2)cc1. The molecule has 0 N–H and O–H groups in total. The zero-order chi connectivity index (χ0) is 37.5. The van der Waals surface area contributed by atoms with Crippen LogP contribution in [0.15, 0.2) is 212 Å². The minimum atomic E-state index is -0.591. The molecule has 10 aromatic rings. The Morgan fingerprint density at radius 2 is 0.895 bits per heavy atom. The first kappa shape index (κ1) is 31.9. The van der Waals surface area contributed by atoms with Crippen LogP contribution in [0.1, 0.15) is 22.3 Å². The van der Waals surface area contributed by atoms with Crippen molar-refractivity contribution >= 4 is 21.8 Å². The van der Waals surface area contributed by atoms with Gasteiger partial charge in [0.25, 0.3) is 0 Å². The first-order valence-corrected chi connectivity index (χ1v) is 19.7. The van der Waals surface area contributed by atoms with Crippen molar-refractivity contribution in [3.05, 3.63) is 235 Å². The molecule has 2 nitrogen and oxygen atoms in total. The van der Waals surface area contributed by atoms with Gasteiger partial charge in [0.2, 0.25) is 0 Å². The average Bonchev–Trinajstić information content (AvgIpc) is 3.76. The third-order valence-electron chi connectivity index (χ3n) is 12.2. The summed E-state index contributed by atoms with van der Waals surface area (Å²) in [7, 11) is 0. The van der Waals surface area contributed by atoms with Crippen LogP contribution in [-0.2, 0) is 5.41 Å². The third kappa shape index (κ3) is 4.65. The van der Waals surface area contributed by atoms with Crippen molar-refractivity contribution < 1.29 is 4.74 Å². The lowest BCUT2D eigenvalue weighted by Crippen LogP contribution is -2.32. The van der Waals surface area contributed by atoms with Gasteiger partial charge < -0.3 is 9.30 Å². The van der Waals surface area contributed by atoms with E-state index < -0.39 is 5.41 Å². The monoisotopic (exact) mass is 725 g/mol. The molecule has 266 valence electrons. The molecule has 0 saturated heterocycles. The van der Waals surface area contributed by atoms with Gasteiger partial charge in [-0.3, -0.25) is 0 Å². The van der Waals surface area contributed by atoms with E-state index in [2.05, 4.69) is 217 Å². The van der Waals surface area contributed by atoms with Crippen molar-refractivity contribution in [1.82, 2.24) is 4.57 Å². The number of fused-ring (bicyclic) bond motifs is 12. The van der Waals surface area contributed by atoms with E-state index >= 15 is 0 Å². The van der Waals surface area contributed by atoms with Crippen molar-refractivity contribution in [2.75, 3.05) is 0 Å². The van der Waals surface area contributed by atoms with Crippen LogP contribution in [-0.4, -0.2) is 4.57 Å². The summed E-state index contributed by atoms with van der Waals surface area (Å²) in [5.74, 6) is 1.79. The van der Waals surface area contributed by atoms with Crippen LogP contribution >= 0.6 is 0 Å². The first-order valence-electron chi connectivity index (χ1n) is 19.7. The zero-order valence-electron chi connectivity index (χ0n) is 31.1. The van der Waals surface area contributed by atoms with Crippen LogP contribution in [0.5, 0.6) is 11.5 Å². The van der Waals surface area contributed by atoms with Gasteiger partial charge in [-0.2, -0.15) is 0 Å².